The topological polar surface area (TPSA) is 56.7 Å². The van der Waals surface area contributed by atoms with Gasteiger partial charge in [0.25, 0.3) is 0 Å². The van der Waals surface area contributed by atoms with Crippen LogP contribution in [-0.2, 0) is 11.2 Å². The molecular weight excluding hydrogens is 288 g/mol. The fourth-order valence-corrected chi connectivity index (χ4v) is 2.90. The summed E-state index contributed by atoms with van der Waals surface area (Å²) in [6.45, 7) is 9.09. The molecule has 0 spiro atoms. The van der Waals surface area contributed by atoms with Gasteiger partial charge in [0.15, 0.2) is 5.96 Å². The van der Waals surface area contributed by atoms with Crippen LogP contribution in [0.25, 0.3) is 0 Å². The minimum Gasteiger partial charge on any atom is -0.356 e. The van der Waals surface area contributed by atoms with Crippen molar-refractivity contribution in [2.24, 2.45) is 10.4 Å². The fraction of sp³-hybridized carbons (Fsp3) is 0.556. The van der Waals surface area contributed by atoms with Gasteiger partial charge in [0.05, 0.1) is 0 Å². The minimum absolute atomic E-state index is 0.0447. The number of carbonyl (C=O) groups excluding carboxylic acids is 1. The smallest absolute Gasteiger partial charge is 0.221 e. The second-order valence-electron chi connectivity index (χ2n) is 6.94. The highest BCUT2D eigenvalue weighted by Crippen LogP contribution is 2.28. The molecule has 1 amide bonds. The number of guanidine groups is 1. The predicted octanol–water partition coefficient (Wildman–Crippen LogP) is 2.49. The number of anilines is 1. The molecular formula is C18H28N4O. The molecule has 2 rings (SSSR count). The van der Waals surface area contributed by atoms with Gasteiger partial charge in [-0.1, -0.05) is 26.0 Å². The molecule has 1 fully saturated rings. The Labute approximate surface area is 139 Å². The van der Waals surface area contributed by atoms with Gasteiger partial charge in [-0.15, -0.1) is 0 Å². The van der Waals surface area contributed by atoms with Crippen molar-refractivity contribution in [1.82, 2.24) is 10.2 Å². The van der Waals surface area contributed by atoms with E-state index in [9.17, 15) is 4.79 Å². The minimum atomic E-state index is -0.0447. The van der Waals surface area contributed by atoms with Crippen molar-refractivity contribution in [3.63, 3.8) is 0 Å². The second-order valence-corrected chi connectivity index (χ2v) is 6.94. The number of likely N-dealkylation sites (tertiary alicyclic amines) is 1. The first kappa shape index (κ1) is 17.3. The molecule has 0 aromatic heterocycles. The molecule has 1 aromatic rings. The van der Waals surface area contributed by atoms with Gasteiger partial charge in [-0.25, -0.2) is 0 Å². The number of nitrogens with zero attached hydrogens (tertiary/aromatic N) is 2. The summed E-state index contributed by atoms with van der Waals surface area (Å²) in [7, 11) is 1.84. The number of amides is 1. The summed E-state index contributed by atoms with van der Waals surface area (Å²) in [5.41, 5.74) is 2.45. The largest absolute Gasteiger partial charge is 0.356 e. The van der Waals surface area contributed by atoms with Gasteiger partial charge in [0.1, 0.15) is 0 Å². The van der Waals surface area contributed by atoms with Crippen LogP contribution < -0.4 is 10.6 Å². The lowest BCUT2D eigenvalue weighted by Gasteiger charge is -2.23. The maximum Gasteiger partial charge on any atom is 0.221 e. The Morgan fingerprint density at radius 2 is 2.00 bits per heavy atom. The van der Waals surface area contributed by atoms with Crippen LogP contribution in [0.15, 0.2) is 29.3 Å². The predicted molar refractivity (Wildman–Crippen MR) is 95.8 cm³/mol. The van der Waals surface area contributed by atoms with E-state index in [4.69, 9.17) is 0 Å². The van der Waals surface area contributed by atoms with E-state index in [1.165, 1.54) is 18.9 Å². The number of rotatable bonds is 4. The SMILES string of the molecule is CN=C(NCCc1ccc(NC(C)=O)cc1)N1CCC(C)(C)C1. The Morgan fingerprint density at radius 3 is 2.52 bits per heavy atom. The summed E-state index contributed by atoms with van der Waals surface area (Å²) in [5, 5.41) is 6.23. The van der Waals surface area contributed by atoms with Crippen LogP contribution in [0.5, 0.6) is 0 Å². The summed E-state index contributed by atoms with van der Waals surface area (Å²) >= 11 is 0. The van der Waals surface area contributed by atoms with E-state index in [0.717, 1.165) is 37.7 Å². The molecule has 2 N–H and O–H groups in total. The van der Waals surface area contributed by atoms with Crippen molar-refractivity contribution in [3.8, 4) is 0 Å². The standard InChI is InChI=1S/C18H28N4O/c1-14(23)21-16-7-5-15(6-8-16)9-11-20-17(19-4)22-12-10-18(2,3)13-22/h5-8H,9-13H2,1-4H3,(H,19,20)(H,21,23). The van der Waals surface area contributed by atoms with Gasteiger partial charge < -0.3 is 15.5 Å². The summed E-state index contributed by atoms with van der Waals surface area (Å²) in [6.07, 6.45) is 2.13. The molecule has 1 aliphatic heterocycles. The number of benzene rings is 1. The normalized spacial score (nSPS) is 17.2. The Bertz CT molecular complexity index is 563. The van der Waals surface area contributed by atoms with Crippen molar-refractivity contribution in [2.45, 2.75) is 33.6 Å². The van der Waals surface area contributed by atoms with Crippen LogP contribution in [0.1, 0.15) is 32.8 Å². The number of carbonyl (C=O) groups is 1. The molecule has 0 unspecified atom stereocenters. The number of hydrogen-bond donors (Lipinski definition) is 2. The molecule has 5 nitrogen and oxygen atoms in total. The van der Waals surface area contributed by atoms with Crippen molar-refractivity contribution in [1.29, 1.82) is 0 Å². The first-order valence-corrected chi connectivity index (χ1v) is 8.22. The highest BCUT2D eigenvalue weighted by atomic mass is 16.1. The monoisotopic (exact) mass is 316 g/mol. The highest BCUT2D eigenvalue weighted by molar-refractivity contribution is 5.88. The summed E-state index contributed by atoms with van der Waals surface area (Å²) < 4.78 is 0. The lowest BCUT2D eigenvalue weighted by Crippen LogP contribution is -2.41. The Morgan fingerprint density at radius 1 is 1.30 bits per heavy atom. The molecule has 126 valence electrons. The third kappa shape index (κ3) is 5.27. The van der Waals surface area contributed by atoms with Crippen molar-refractivity contribution < 1.29 is 4.79 Å². The van der Waals surface area contributed by atoms with E-state index in [-0.39, 0.29) is 5.91 Å². The first-order valence-electron chi connectivity index (χ1n) is 8.22. The summed E-state index contributed by atoms with van der Waals surface area (Å²) in [6, 6.07) is 7.98. The fourth-order valence-electron chi connectivity index (χ4n) is 2.90. The third-order valence-corrected chi connectivity index (χ3v) is 4.16. The van der Waals surface area contributed by atoms with Crippen LogP contribution in [0.3, 0.4) is 0 Å². The molecule has 1 aromatic carbocycles. The van der Waals surface area contributed by atoms with E-state index < -0.39 is 0 Å². The molecule has 1 heterocycles. The zero-order chi connectivity index (χ0) is 16.9. The average molecular weight is 316 g/mol. The molecule has 0 bridgehead atoms. The van der Waals surface area contributed by atoms with Gasteiger partial charge in [-0.2, -0.15) is 0 Å². The zero-order valence-electron chi connectivity index (χ0n) is 14.6. The first-order chi connectivity index (χ1) is 10.9. The van der Waals surface area contributed by atoms with Gasteiger partial charge in [0.2, 0.25) is 5.91 Å². The van der Waals surface area contributed by atoms with Crippen LogP contribution in [0.4, 0.5) is 5.69 Å². The Kier molecular flexibility index (Phi) is 5.64. The van der Waals surface area contributed by atoms with E-state index in [0.29, 0.717) is 5.41 Å². The second kappa shape index (κ2) is 7.49. The van der Waals surface area contributed by atoms with E-state index in [2.05, 4.69) is 46.5 Å². The molecule has 0 aliphatic carbocycles. The summed E-state index contributed by atoms with van der Waals surface area (Å²) in [4.78, 5) is 17.7. The van der Waals surface area contributed by atoms with Crippen molar-refractivity contribution in [3.05, 3.63) is 29.8 Å². The Balaban J connectivity index is 1.80. The number of aliphatic imine (C=N–C) groups is 1. The van der Waals surface area contributed by atoms with Crippen LogP contribution in [0.2, 0.25) is 0 Å². The van der Waals surface area contributed by atoms with Gasteiger partial charge in [-0.3, -0.25) is 9.79 Å². The third-order valence-electron chi connectivity index (χ3n) is 4.16. The molecule has 0 radical (unpaired) electrons. The molecule has 0 saturated carbocycles. The molecule has 0 atom stereocenters. The van der Waals surface area contributed by atoms with E-state index in [1.807, 2.05) is 19.2 Å². The van der Waals surface area contributed by atoms with Crippen LogP contribution in [-0.4, -0.2) is 43.4 Å². The van der Waals surface area contributed by atoms with Gasteiger partial charge in [-0.05, 0) is 36.0 Å². The van der Waals surface area contributed by atoms with E-state index >= 15 is 0 Å². The molecule has 1 saturated heterocycles. The average Bonchev–Trinajstić information content (AvgIpc) is 2.85. The molecule has 23 heavy (non-hydrogen) atoms. The van der Waals surface area contributed by atoms with Gasteiger partial charge in [0, 0.05) is 39.3 Å². The van der Waals surface area contributed by atoms with E-state index in [1.54, 1.807) is 0 Å². The Hall–Kier alpha value is -2.04. The van der Waals surface area contributed by atoms with Crippen molar-refractivity contribution >= 4 is 17.6 Å². The van der Waals surface area contributed by atoms with Crippen LogP contribution >= 0.6 is 0 Å². The maximum atomic E-state index is 11.0. The summed E-state index contributed by atoms with van der Waals surface area (Å²) in [5.74, 6) is 0.946. The van der Waals surface area contributed by atoms with Gasteiger partial charge >= 0.3 is 0 Å². The number of hydrogen-bond acceptors (Lipinski definition) is 2. The molecule has 5 heteroatoms. The van der Waals surface area contributed by atoms with Crippen molar-refractivity contribution in [2.75, 3.05) is 32.0 Å². The highest BCUT2D eigenvalue weighted by Gasteiger charge is 2.30. The van der Waals surface area contributed by atoms with Crippen LogP contribution in [0, 0.1) is 5.41 Å². The quantitative estimate of drug-likeness (QED) is 0.663. The maximum absolute atomic E-state index is 11.0. The lowest BCUT2D eigenvalue weighted by molar-refractivity contribution is -0.114. The lowest BCUT2D eigenvalue weighted by atomic mass is 9.93. The number of nitrogens with one attached hydrogen (secondary N) is 2. The zero-order valence-corrected chi connectivity index (χ0v) is 14.6. The molecule has 1 aliphatic rings.